The van der Waals surface area contributed by atoms with Gasteiger partial charge in [0.1, 0.15) is 0 Å². The molecule has 82 valence electrons. The Morgan fingerprint density at radius 2 is 1.79 bits per heavy atom. The summed E-state index contributed by atoms with van der Waals surface area (Å²) in [6, 6.07) is 0.763. The molecule has 0 aromatic heterocycles. The average molecular weight is 196 g/mol. The van der Waals surface area contributed by atoms with Crippen LogP contribution in [0.15, 0.2) is 0 Å². The summed E-state index contributed by atoms with van der Waals surface area (Å²) < 4.78 is 0. The Bertz CT molecular complexity index is 162. The summed E-state index contributed by atoms with van der Waals surface area (Å²) >= 11 is 0. The topological polar surface area (TPSA) is 6.48 Å². The molecule has 2 nitrogen and oxygen atoms in total. The molecular formula is C12H24N2. The number of likely N-dealkylation sites (tertiary alicyclic amines) is 1. The molecular weight excluding hydrogens is 172 g/mol. The van der Waals surface area contributed by atoms with E-state index in [2.05, 4.69) is 29.8 Å². The largest absolute Gasteiger partial charge is 0.306 e. The maximum absolute atomic E-state index is 5.25. The van der Waals surface area contributed by atoms with Crippen LogP contribution in [0.3, 0.4) is 0 Å². The van der Waals surface area contributed by atoms with E-state index >= 15 is 0 Å². The Labute approximate surface area is 89.3 Å². The summed E-state index contributed by atoms with van der Waals surface area (Å²) in [4.78, 5) is 4.66. The van der Waals surface area contributed by atoms with Crippen LogP contribution in [0.1, 0.15) is 26.7 Å². The van der Waals surface area contributed by atoms with Crippen molar-refractivity contribution in [1.82, 2.24) is 9.80 Å². The van der Waals surface area contributed by atoms with E-state index in [1.807, 2.05) is 13.8 Å². The van der Waals surface area contributed by atoms with Gasteiger partial charge in [0, 0.05) is 19.1 Å². The van der Waals surface area contributed by atoms with Crippen molar-refractivity contribution in [2.24, 2.45) is 0 Å². The fourth-order valence-electron chi connectivity index (χ4n) is 1.72. The molecule has 0 unspecified atom stereocenters. The van der Waals surface area contributed by atoms with Gasteiger partial charge in [0.15, 0.2) is 0 Å². The molecule has 2 heteroatoms. The Morgan fingerprint density at radius 3 is 2.14 bits per heavy atom. The molecule has 14 heavy (non-hydrogen) atoms. The quantitative estimate of drug-likeness (QED) is 0.620. The smallest absolute Gasteiger partial charge is 0.0598 e. The third-order valence-corrected chi connectivity index (χ3v) is 2.60. The lowest BCUT2D eigenvalue weighted by atomic mass is 10.0. The van der Waals surface area contributed by atoms with Gasteiger partial charge in [0.2, 0.25) is 0 Å². The predicted octanol–water partition coefficient (Wildman–Crippen LogP) is 1.67. The van der Waals surface area contributed by atoms with Crippen LogP contribution in [-0.2, 0) is 0 Å². The molecule has 0 amide bonds. The summed E-state index contributed by atoms with van der Waals surface area (Å²) in [5, 5.41) is 0. The summed E-state index contributed by atoms with van der Waals surface area (Å²) in [5.74, 6) is 2.69. The predicted molar refractivity (Wildman–Crippen MR) is 63.3 cm³/mol. The Hall–Kier alpha value is -0.520. The molecule has 0 aromatic rings. The lowest BCUT2D eigenvalue weighted by Crippen LogP contribution is -2.41. The molecule has 1 fully saturated rings. The van der Waals surface area contributed by atoms with E-state index in [9.17, 15) is 0 Å². The minimum absolute atomic E-state index is 0.763. The van der Waals surface area contributed by atoms with E-state index in [-0.39, 0.29) is 0 Å². The van der Waals surface area contributed by atoms with Gasteiger partial charge in [-0.25, -0.2) is 0 Å². The minimum Gasteiger partial charge on any atom is -0.306 e. The van der Waals surface area contributed by atoms with Crippen molar-refractivity contribution in [1.29, 1.82) is 0 Å². The second kappa shape index (κ2) is 7.84. The van der Waals surface area contributed by atoms with E-state index in [0.29, 0.717) is 0 Å². The lowest BCUT2D eigenvalue weighted by molar-refractivity contribution is 0.156. The minimum atomic E-state index is 0.763. The van der Waals surface area contributed by atoms with Gasteiger partial charge in [-0.2, -0.15) is 0 Å². The van der Waals surface area contributed by atoms with Gasteiger partial charge in [-0.3, -0.25) is 4.90 Å². The summed E-state index contributed by atoms with van der Waals surface area (Å²) in [5.41, 5.74) is 0. The van der Waals surface area contributed by atoms with Gasteiger partial charge in [-0.1, -0.05) is 19.8 Å². The zero-order valence-corrected chi connectivity index (χ0v) is 10.1. The Morgan fingerprint density at radius 1 is 1.29 bits per heavy atom. The van der Waals surface area contributed by atoms with Crippen molar-refractivity contribution in [3.05, 3.63) is 0 Å². The highest BCUT2D eigenvalue weighted by Gasteiger charge is 2.19. The lowest BCUT2D eigenvalue weighted by Gasteiger charge is -2.34. The average Bonchev–Trinajstić information content (AvgIpc) is 2.22. The Kier molecular flexibility index (Phi) is 7.55. The highest BCUT2D eigenvalue weighted by Crippen LogP contribution is 2.13. The normalized spacial score (nSPS) is 18.6. The number of nitrogens with zero attached hydrogens (tertiary/aromatic N) is 2. The van der Waals surface area contributed by atoms with Crippen molar-refractivity contribution < 1.29 is 0 Å². The zero-order valence-electron chi connectivity index (χ0n) is 10.1. The van der Waals surface area contributed by atoms with Gasteiger partial charge >= 0.3 is 0 Å². The summed E-state index contributed by atoms with van der Waals surface area (Å²) in [6.07, 6.45) is 7.77. The molecule has 0 atom stereocenters. The monoisotopic (exact) mass is 196 g/mol. The van der Waals surface area contributed by atoms with Crippen molar-refractivity contribution in [3.63, 3.8) is 0 Å². The molecule has 1 saturated heterocycles. The number of hydrogen-bond donors (Lipinski definition) is 0. The number of rotatable bonds is 2. The Balaban J connectivity index is 0.000000791. The van der Waals surface area contributed by atoms with Crippen LogP contribution in [0.5, 0.6) is 0 Å². The molecule has 1 heterocycles. The SMILES string of the molecule is C#CCN1CCC(N(C)C)CC1.CC. The summed E-state index contributed by atoms with van der Waals surface area (Å²) in [6.45, 7) is 7.14. The molecule has 0 spiro atoms. The maximum Gasteiger partial charge on any atom is 0.0598 e. The van der Waals surface area contributed by atoms with Crippen molar-refractivity contribution >= 4 is 0 Å². The van der Waals surface area contributed by atoms with Gasteiger partial charge in [-0.15, -0.1) is 6.42 Å². The highest BCUT2D eigenvalue weighted by molar-refractivity contribution is 4.90. The molecule has 1 rings (SSSR count). The van der Waals surface area contributed by atoms with Crippen LogP contribution in [-0.4, -0.2) is 49.6 Å². The van der Waals surface area contributed by atoms with Crippen LogP contribution >= 0.6 is 0 Å². The number of hydrogen-bond acceptors (Lipinski definition) is 2. The number of terminal acetylenes is 1. The van der Waals surface area contributed by atoms with Crippen molar-refractivity contribution in [2.45, 2.75) is 32.7 Å². The maximum atomic E-state index is 5.25. The molecule has 0 aliphatic carbocycles. The molecule has 0 radical (unpaired) electrons. The van der Waals surface area contributed by atoms with E-state index in [4.69, 9.17) is 6.42 Å². The standard InChI is InChI=1S/C10H18N2.C2H6/c1-4-7-12-8-5-10(6-9-12)11(2)3;1-2/h1,10H,5-9H2,2-3H3;1-2H3. The van der Waals surface area contributed by atoms with E-state index in [1.54, 1.807) is 0 Å². The van der Waals surface area contributed by atoms with Crippen LogP contribution in [0, 0.1) is 12.3 Å². The number of piperidine rings is 1. The first kappa shape index (κ1) is 13.5. The molecule has 1 aliphatic heterocycles. The third-order valence-electron chi connectivity index (χ3n) is 2.60. The van der Waals surface area contributed by atoms with Crippen LogP contribution in [0.2, 0.25) is 0 Å². The van der Waals surface area contributed by atoms with E-state index in [0.717, 1.165) is 25.7 Å². The molecule has 1 aliphatic rings. The van der Waals surface area contributed by atoms with E-state index < -0.39 is 0 Å². The fourth-order valence-corrected chi connectivity index (χ4v) is 1.72. The highest BCUT2D eigenvalue weighted by atomic mass is 15.2. The van der Waals surface area contributed by atoms with Crippen LogP contribution < -0.4 is 0 Å². The van der Waals surface area contributed by atoms with Gasteiger partial charge in [-0.05, 0) is 26.9 Å². The first-order valence-electron chi connectivity index (χ1n) is 5.56. The fraction of sp³-hybridized carbons (Fsp3) is 0.833. The third kappa shape index (κ3) is 4.64. The van der Waals surface area contributed by atoms with Crippen molar-refractivity contribution in [2.75, 3.05) is 33.7 Å². The van der Waals surface area contributed by atoms with Crippen LogP contribution in [0.4, 0.5) is 0 Å². The molecule has 0 saturated carbocycles. The molecule has 0 N–H and O–H groups in total. The molecule has 0 aromatic carbocycles. The first-order valence-corrected chi connectivity index (χ1v) is 5.56. The molecule has 0 bridgehead atoms. The summed E-state index contributed by atoms with van der Waals surface area (Å²) in [7, 11) is 4.31. The second-order valence-corrected chi connectivity index (χ2v) is 3.68. The first-order chi connectivity index (χ1) is 6.74. The van der Waals surface area contributed by atoms with Crippen molar-refractivity contribution in [3.8, 4) is 12.3 Å². The second-order valence-electron chi connectivity index (χ2n) is 3.68. The van der Waals surface area contributed by atoms with Gasteiger partial charge < -0.3 is 4.90 Å². The van der Waals surface area contributed by atoms with E-state index in [1.165, 1.54) is 12.8 Å². The van der Waals surface area contributed by atoms with Crippen LogP contribution in [0.25, 0.3) is 0 Å². The zero-order chi connectivity index (χ0) is 11.0. The van der Waals surface area contributed by atoms with Gasteiger partial charge in [0.25, 0.3) is 0 Å². The van der Waals surface area contributed by atoms with Gasteiger partial charge in [0.05, 0.1) is 6.54 Å².